The number of rotatable bonds is 14. The van der Waals surface area contributed by atoms with E-state index < -0.39 is 0 Å². The highest BCUT2D eigenvalue weighted by Gasteiger charge is 2.22. The second-order valence-electron chi connectivity index (χ2n) is 11.1. The van der Waals surface area contributed by atoms with Gasteiger partial charge in [-0.3, -0.25) is 0 Å². The molecule has 0 aliphatic rings. The number of benzene rings is 1. The molecule has 4 heteroatoms. The van der Waals surface area contributed by atoms with Crippen molar-refractivity contribution in [3.63, 3.8) is 0 Å². The smallest absolute Gasteiger partial charge is 0.0443 e. The molecule has 0 fully saturated rings. The highest BCUT2D eigenvalue weighted by atomic mass is 32.1. The third-order valence-corrected chi connectivity index (χ3v) is 12.3. The fourth-order valence-electron chi connectivity index (χ4n) is 5.62. The first-order chi connectivity index (χ1) is 18.6. The summed E-state index contributed by atoms with van der Waals surface area (Å²) in [7, 11) is 0. The Morgan fingerprint density at radius 2 is 0.974 bits per heavy atom. The van der Waals surface area contributed by atoms with Gasteiger partial charge < -0.3 is 0 Å². The second kappa shape index (κ2) is 13.3. The predicted octanol–water partition coefficient (Wildman–Crippen LogP) is 13.1. The van der Waals surface area contributed by atoms with E-state index in [1.54, 1.807) is 11.1 Å². The van der Waals surface area contributed by atoms with Crippen LogP contribution < -0.4 is 0 Å². The van der Waals surface area contributed by atoms with Gasteiger partial charge in [-0.15, -0.1) is 45.3 Å². The number of aryl methyl sites for hydroxylation is 2. The zero-order valence-corrected chi connectivity index (χ0v) is 26.7. The van der Waals surface area contributed by atoms with E-state index in [4.69, 9.17) is 0 Å². The Kier molecular flexibility index (Phi) is 9.80. The van der Waals surface area contributed by atoms with E-state index in [-0.39, 0.29) is 0 Å². The SMILES string of the molecule is CCC(C)CCCCc1ccsc1-c1c2ccsc2c(-c2sccc2CCCCC(C)CC)c2ccsc12. The lowest BCUT2D eigenvalue weighted by atomic mass is 9.94. The Labute approximate surface area is 245 Å². The van der Waals surface area contributed by atoms with Crippen molar-refractivity contribution in [3.8, 4) is 20.9 Å². The van der Waals surface area contributed by atoms with E-state index in [9.17, 15) is 0 Å². The zero-order valence-electron chi connectivity index (χ0n) is 23.5. The number of unbranched alkanes of at least 4 members (excludes halogenated alkanes) is 2. The largest absolute Gasteiger partial charge is 0.143 e. The van der Waals surface area contributed by atoms with Gasteiger partial charge in [-0.25, -0.2) is 0 Å². The van der Waals surface area contributed by atoms with Gasteiger partial charge in [0.15, 0.2) is 0 Å². The summed E-state index contributed by atoms with van der Waals surface area (Å²) in [5.41, 5.74) is 6.08. The minimum Gasteiger partial charge on any atom is -0.143 e. The van der Waals surface area contributed by atoms with Crippen molar-refractivity contribution < 1.29 is 0 Å². The Morgan fingerprint density at radius 3 is 1.39 bits per heavy atom. The quantitative estimate of drug-likeness (QED) is 0.115. The zero-order chi connectivity index (χ0) is 26.5. The molecule has 4 aromatic heterocycles. The number of hydrogen-bond donors (Lipinski definition) is 0. The van der Waals surface area contributed by atoms with Crippen LogP contribution in [0.3, 0.4) is 0 Å². The van der Waals surface area contributed by atoms with E-state index in [2.05, 4.69) is 73.5 Å². The van der Waals surface area contributed by atoms with E-state index in [0.29, 0.717) is 0 Å². The van der Waals surface area contributed by atoms with E-state index >= 15 is 0 Å². The predicted molar refractivity (Wildman–Crippen MR) is 178 cm³/mol. The molecule has 0 amide bonds. The third-order valence-electron chi connectivity index (χ3n) is 8.45. The standard InChI is InChI=1S/C34H42S4/c1-5-23(3)11-7-9-13-25-15-19-35-31(25)29-27-17-21-38-34(27)30(28-18-22-37-33(28)29)32-26(16-20-36-32)14-10-8-12-24(4)6-2/h15-24H,5-14H2,1-4H3. The highest BCUT2D eigenvalue weighted by molar-refractivity contribution is 7.22. The monoisotopic (exact) mass is 578 g/mol. The van der Waals surface area contributed by atoms with Crippen LogP contribution in [0.15, 0.2) is 45.8 Å². The van der Waals surface area contributed by atoms with Gasteiger partial charge in [-0.05, 0) is 94.4 Å². The van der Waals surface area contributed by atoms with Gasteiger partial charge in [0.05, 0.1) is 0 Å². The Hall–Kier alpha value is -1.46. The molecule has 38 heavy (non-hydrogen) atoms. The summed E-state index contributed by atoms with van der Waals surface area (Å²) in [6, 6.07) is 9.57. The van der Waals surface area contributed by atoms with Crippen molar-refractivity contribution in [2.24, 2.45) is 11.8 Å². The molecule has 2 atom stereocenters. The van der Waals surface area contributed by atoms with Crippen molar-refractivity contribution in [1.82, 2.24) is 0 Å². The molecule has 0 saturated carbocycles. The van der Waals surface area contributed by atoms with E-state index in [1.807, 2.05) is 45.3 Å². The van der Waals surface area contributed by atoms with Crippen molar-refractivity contribution in [3.05, 3.63) is 56.9 Å². The maximum Gasteiger partial charge on any atom is 0.0443 e. The molecule has 1 aromatic carbocycles. The van der Waals surface area contributed by atoms with Crippen LogP contribution in [0.5, 0.6) is 0 Å². The summed E-state index contributed by atoms with van der Waals surface area (Å²) >= 11 is 7.76. The van der Waals surface area contributed by atoms with Gasteiger partial charge >= 0.3 is 0 Å². The Bertz CT molecular complexity index is 1280. The fourth-order valence-corrected chi connectivity index (χ4v) is 9.73. The number of thiophene rings is 4. The molecule has 0 saturated heterocycles. The number of fused-ring (bicyclic) bond motifs is 2. The van der Waals surface area contributed by atoms with Gasteiger partial charge in [0.25, 0.3) is 0 Å². The average Bonchev–Trinajstić information content (AvgIpc) is 3.75. The molecule has 0 aliphatic heterocycles. The lowest BCUT2D eigenvalue weighted by Gasteiger charge is -2.14. The van der Waals surface area contributed by atoms with Crippen molar-refractivity contribution in [2.75, 3.05) is 0 Å². The molecular formula is C34H42S4. The van der Waals surface area contributed by atoms with Crippen LogP contribution in [-0.4, -0.2) is 0 Å². The molecule has 0 N–H and O–H groups in total. The molecule has 4 heterocycles. The summed E-state index contributed by atoms with van der Waals surface area (Å²) in [6.07, 6.45) is 13.0. The van der Waals surface area contributed by atoms with Crippen LogP contribution in [-0.2, 0) is 12.8 Å². The van der Waals surface area contributed by atoms with Crippen LogP contribution >= 0.6 is 45.3 Å². The molecular weight excluding hydrogens is 537 g/mol. The summed E-state index contributed by atoms with van der Waals surface area (Å²) in [5.74, 6) is 1.70. The van der Waals surface area contributed by atoms with Crippen molar-refractivity contribution in [2.45, 2.75) is 91.9 Å². The fraction of sp³-hybridized carbons (Fsp3) is 0.471. The van der Waals surface area contributed by atoms with Crippen LogP contribution in [0.4, 0.5) is 0 Å². The Balaban J connectivity index is 1.48. The van der Waals surface area contributed by atoms with Gasteiger partial charge in [0, 0.05) is 41.1 Å². The lowest BCUT2D eigenvalue weighted by molar-refractivity contribution is 0.485. The van der Waals surface area contributed by atoms with Crippen molar-refractivity contribution in [1.29, 1.82) is 0 Å². The highest BCUT2D eigenvalue weighted by Crippen LogP contribution is 2.51. The maximum atomic E-state index is 2.39. The summed E-state index contributed by atoms with van der Waals surface area (Å²) in [6.45, 7) is 9.42. The third kappa shape index (κ3) is 5.99. The van der Waals surface area contributed by atoms with E-state index in [0.717, 1.165) is 11.8 Å². The summed E-state index contributed by atoms with van der Waals surface area (Å²) in [5, 5.41) is 12.2. The van der Waals surface area contributed by atoms with Gasteiger partial charge in [-0.2, -0.15) is 0 Å². The summed E-state index contributed by atoms with van der Waals surface area (Å²) < 4.78 is 2.95. The van der Waals surface area contributed by atoms with Crippen molar-refractivity contribution >= 4 is 65.5 Å². The maximum absolute atomic E-state index is 2.39. The molecule has 0 nitrogen and oxygen atoms in total. The first-order valence-corrected chi connectivity index (χ1v) is 18.2. The first-order valence-electron chi connectivity index (χ1n) is 14.7. The lowest BCUT2D eigenvalue weighted by Crippen LogP contribution is -1.94. The van der Waals surface area contributed by atoms with Crippen LogP contribution in [0.25, 0.3) is 41.1 Å². The van der Waals surface area contributed by atoms with E-state index in [1.165, 1.54) is 105 Å². The molecule has 5 aromatic rings. The molecule has 2 unspecified atom stereocenters. The van der Waals surface area contributed by atoms with Crippen LogP contribution in [0.1, 0.15) is 90.2 Å². The molecule has 0 radical (unpaired) electrons. The molecule has 0 aliphatic carbocycles. The van der Waals surface area contributed by atoms with Gasteiger partial charge in [-0.1, -0.05) is 66.2 Å². The first kappa shape index (κ1) is 28.1. The average molecular weight is 579 g/mol. The van der Waals surface area contributed by atoms with Crippen LogP contribution in [0.2, 0.25) is 0 Å². The normalized spacial score (nSPS) is 13.6. The Morgan fingerprint density at radius 1 is 0.553 bits per heavy atom. The molecule has 0 spiro atoms. The topological polar surface area (TPSA) is 0 Å². The molecule has 0 bridgehead atoms. The van der Waals surface area contributed by atoms with Gasteiger partial charge in [0.2, 0.25) is 0 Å². The molecule has 5 rings (SSSR count). The van der Waals surface area contributed by atoms with Crippen LogP contribution in [0, 0.1) is 11.8 Å². The molecule has 202 valence electrons. The minimum atomic E-state index is 0.850. The second-order valence-corrected chi connectivity index (χ2v) is 14.8. The minimum absolute atomic E-state index is 0.850. The summed E-state index contributed by atoms with van der Waals surface area (Å²) in [4.78, 5) is 3.01. The van der Waals surface area contributed by atoms with Gasteiger partial charge in [0.1, 0.15) is 0 Å². The number of hydrogen-bond acceptors (Lipinski definition) is 4.